The van der Waals surface area contributed by atoms with Gasteiger partial charge in [-0.25, -0.2) is 40.8 Å². The number of hydrogen-bond acceptors (Lipinski definition) is 9. The number of carbonyl (C=O) groups is 2. The summed E-state index contributed by atoms with van der Waals surface area (Å²) in [5.74, 6) is -5.00. The molecule has 220 valence electrons. The number of likely N-dealkylation sites (tertiary alicyclic amines) is 1. The van der Waals surface area contributed by atoms with E-state index in [-0.39, 0.29) is 36.9 Å². The summed E-state index contributed by atoms with van der Waals surface area (Å²) in [5, 5.41) is 6.77. The fourth-order valence-electron chi connectivity index (χ4n) is 5.03. The highest BCUT2D eigenvalue weighted by molar-refractivity contribution is 7.88. The predicted molar refractivity (Wildman–Crippen MR) is 139 cm³/mol. The number of hydrogen-bond donors (Lipinski definition) is 3. The van der Waals surface area contributed by atoms with E-state index in [2.05, 4.69) is 25.1 Å². The molecular formula is C24H27F3N8O5S. The highest BCUT2D eigenvalue weighted by Gasteiger charge is 2.51. The Balaban J connectivity index is 1.40. The van der Waals surface area contributed by atoms with Crippen LogP contribution in [0.5, 0.6) is 5.88 Å². The third kappa shape index (κ3) is 5.76. The van der Waals surface area contributed by atoms with Gasteiger partial charge in [0.2, 0.25) is 27.7 Å². The van der Waals surface area contributed by atoms with Crippen LogP contribution < -0.4 is 20.5 Å². The van der Waals surface area contributed by atoms with Gasteiger partial charge < -0.3 is 20.7 Å². The van der Waals surface area contributed by atoms with Crippen molar-refractivity contribution >= 4 is 33.2 Å². The van der Waals surface area contributed by atoms with E-state index >= 15 is 0 Å². The standard InChI is InChI=1S/C24H27F3N8O5S/c1-40-22-15(21(36)33-17-10-34(9-16(17)25)23(37)14-5-24(26,27)6-14)3-12(7-29-22)18-4-13(8-32-41(2,38)39)19-20(28)30-11-31-35(18)19/h3-4,7,11,14,16-17,32H,5-6,8-10H2,1-2H3,(H,33,36)(H2,28,30,31)/t16-,17+/m0/s1. The largest absolute Gasteiger partial charge is 0.480 e. The fraction of sp³-hybridized carbons (Fsp3) is 0.458. The summed E-state index contributed by atoms with van der Waals surface area (Å²) in [6.45, 7) is -0.591. The second-order valence-electron chi connectivity index (χ2n) is 10.1. The lowest BCUT2D eigenvalue weighted by atomic mass is 9.80. The number of nitrogen functional groups attached to an aromatic ring is 1. The molecule has 1 aliphatic carbocycles. The van der Waals surface area contributed by atoms with Crippen LogP contribution in [-0.2, 0) is 21.4 Å². The SMILES string of the molecule is COc1ncc(-c2cc(CNS(C)(=O)=O)c3c(N)ncnn23)cc1C(=O)N[C@@H]1CN(C(=O)C2CC(F)(F)C2)C[C@@H]1F. The van der Waals surface area contributed by atoms with Crippen molar-refractivity contribution in [1.82, 2.24) is 34.5 Å². The summed E-state index contributed by atoms with van der Waals surface area (Å²) in [6.07, 6.45) is 0.892. The Morgan fingerprint density at radius 3 is 2.61 bits per heavy atom. The normalized spacial score (nSPS) is 20.7. The minimum absolute atomic E-state index is 0.0478. The van der Waals surface area contributed by atoms with Crippen LogP contribution in [0.1, 0.15) is 28.8 Å². The predicted octanol–water partition coefficient (Wildman–Crippen LogP) is 0.755. The lowest BCUT2D eigenvalue weighted by Gasteiger charge is -2.36. The topological polar surface area (TPSA) is 174 Å². The number of carbonyl (C=O) groups excluding carboxylic acids is 2. The number of methoxy groups -OCH3 is 1. The lowest BCUT2D eigenvalue weighted by molar-refractivity contribution is -0.159. The van der Waals surface area contributed by atoms with Gasteiger partial charge in [-0.05, 0) is 17.7 Å². The number of fused-ring (bicyclic) bond motifs is 1. The number of sulfonamides is 1. The van der Waals surface area contributed by atoms with Crippen LogP contribution in [0.3, 0.4) is 0 Å². The van der Waals surface area contributed by atoms with E-state index in [0.717, 1.165) is 11.2 Å². The number of alkyl halides is 3. The highest BCUT2D eigenvalue weighted by atomic mass is 32.2. The summed E-state index contributed by atoms with van der Waals surface area (Å²) in [4.78, 5) is 35.1. The molecule has 0 bridgehead atoms. The van der Waals surface area contributed by atoms with Gasteiger partial charge in [0.1, 0.15) is 23.6 Å². The zero-order chi connectivity index (χ0) is 29.7. The van der Waals surface area contributed by atoms with Gasteiger partial charge in [-0.2, -0.15) is 5.10 Å². The molecule has 0 radical (unpaired) electrons. The third-order valence-corrected chi connectivity index (χ3v) is 7.76. The number of nitrogens with one attached hydrogen (secondary N) is 2. The Morgan fingerprint density at radius 1 is 1.22 bits per heavy atom. The molecule has 5 rings (SSSR count). The van der Waals surface area contributed by atoms with Crippen LogP contribution in [0, 0.1) is 5.92 Å². The maximum absolute atomic E-state index is 14.8. The van der Waals surface area contributed by atoms with Crippen LogP contribution in [-0.4, -0.2) is 89.3 Å². The smallest absolute Gasteiger partial charge is 0.257 e. The molecule has 0 aromatic carbocycles. The van der Waals surface area contributed by atoms with Crippen LogP contribution in [0.4, 0.5) is 19.0 Å². The molecule has 1 aliphatic heterocycles. The minimum atomic E-state index is -3.53. The van der Waals surface area contributed by atoms with Crippen molar-refractivity contribution in [3.8, 4) is 17.1 Å². The van der Waals surface area contributed by atoms with Gasteiger partial charge in [-0.3, -0.25) is 9.59 Å². The number of amides is 2. The molecule has 1 saturated carbocycles. The molecule has 0 spiro atoms. The van der Waals surface area contributed by atoms with E-state index in [4.69, 9.17) is 10.5 Å². The second kappa shape index (κ2) is 10.4. The second-order valence-corrected chi connectivity index (χ2v) is 12.0. The summed E-state index contributed by atoms with van der Waals surface area (Å²) in [7, 11) is -2.23. The zero-order valence-electron chi connectivity index (χ0n) is 22.0. The first-order chi connectivity index (χ1) is 19.3. The minimum Gasteiger partial charge on any atom is -0.480 e. The molecule has 4 N–H and O–H groups in total. The molecule has 41 heavy (non-hydrogen) atoms. The van der Waals surface area contributed by atoms with Gasteiger partial charge >= 0.3 is 0 Å². The first-order valence-electron chi connectivity index (χ1n) is 12.5. The van der Waals surface area contributed by atoms with Crippen molar-refractivity contribution in [3.63, 3.8) is 0 Å². The molecule has 2 aliphatic rings. The monoisotopic (exact) mass is 596 g/mol. The van der Waals surface area contributed by atoms with Gasteiger partial charge in [-0.1, -0.05) is 0 Å². The number of pyridine rings is 1. The number of ether oxygens (including phenoxy) is 1. The summed E-state index contributed by atoms with van der Waals surface area (Å²) >= 11 is 0. The van der Waals surface area contributed by atoms with E-state index in [9.17, 15) is 31.2 Å². The number of anilines is 1. The first-order valence-corrected chi connectivity index (χ1v) is 14.4. The van der Waals surface area contributed by atoms with Crippen LogP contribution >= 0.6 is 0 Å². The molecule has 4 heterocycles. The quantitative estimate of drug-likeness (QED) is 0.339. The van der Waals surface area contributed by atoms with Crippen LogP contribution in [0.25, 0.3) is 16.8 Å². The zero-order valence-corrected chi connectivity index (χ0v) is 22.8. The molecular weight excluding hydrogens is 569 g/mol. The third-order valence-electron chi connectivity index (χ3n) is 7.09. The van der Waals surface area contributed by atoms with Crippen molar-refractivity contribution in [3.05, 3.63) is 35.8 Å². The summed E-state index contributed by atoms with van der Waals surface area (Å²) in [6, 6.07) is 1.98. The van der Waals surface area contributed by atoms with Gasteiger partial charge in [-0.15, -0.1) is 0 Å². The molecule has 13 nitrogen and oxygen atoms in total. The van der Waals surface area contributed by atoms with E-state index in [0.29, 0.717) is 22.3 Å². The van der Waals surface area contributed by atoms with E-state index in [1.54, 1.807) is 6.07 Å². The Kier molecular flexibility index (Phi) is 7.27. The maximum Gasteiger partial charge on any atom is 0.257 e. The van der Waals surface area contributed by atoms with Crippen LogP contribution in [0.2, 0.25) is 0 Å². The van der Waals surface area contributed by atoms with Crippen molar-refractivity contribution in [2.45, 2.75) is 37.5 Å². The molecule has 2 amide bonds. The van der Waals surface area contributed by atoms with Gasteiger partial charge in [0.05, 0.1) is 31.6 Å². The van der Waals surface area contributed by atoms with E-state index in [1.807, 2.05) is 0 Å². The number of halogens is 3. The van der Waals surface area contributed by atoms with Crippen LogP contribution in [0.15, 0.2) is 24.7 Å². The molecule has 3 aromatic rings. The maximum atomic E-state index is 14.8. The fourth-order valence-corrected chi connectivity index (χ4v) is 5.45. The molecule has 0 unspecified atom stereocenters. The highest BCUT2D eigenvalue weighted by Crippen LogP contribution is 2.43. The summed E-state index contributed by atoms with van der Waals surface area (Å²) in [5.41, 5.74) is 7.59. The molecule has 2 fully saturated rings. The number of nitrogens with zero attached hydrogens (tertiary/aromatic N) is 5. The van der Waals surface area contributed by atoms with Gasteiger partial charge in [0, 0.05) is 43.6 Å². The van der Waals surface area contributed by atoms with Crippen molar-refractivity contribution in [2.24, 2.45) is 5.92 Å². The number of aromatic nitrogens is 4. The van der Waals surface area contributed by atoms with E-state index < -0.39 is 58.7 Å². The molecule has 17 heteroatoms. The number of rotatable bonds is 8. The molecule has 1 saturated heterocycles. The average Bonchev–Trinajstić information content (AvgIpc) is 3.46. The van der Waals surface area contributed by atoms with Crippen molar-refractivity contribution in [1.29, 1.82) is 0 Å². The molecule has 3 aromatic heterocycles. The van der Waals surface area contributed by atoms with Gasteiger partial charge in [0.15, 0.2) is 5.82 Å². The Hall–Kier alpha value is -3.99. The van der Waals surface area contributed by atoms with Crippen molar-refractivity contribution in [2.75, 3.05) is 32.2 Å². The average molecular weight is 597 g/mol. The Bertz CT molecular complexity index is 1620. The Morgan fingerprint density at radius 2 is 1.95 bits per heavy atom. The van der Waals surface area contributed by atoms with Crippen molar-refractivity contribution < 1.29 is 35.9 Å². The number of nitrogens with two attached hydrogens (primary N) is 1. The van der Waals surface area contributed by atoms with Gasteiger partial charge in [0.25, 0.3) is 5.91 Å². The lowest BCUT2D eigenvalue weighted by Crippen LogP contribution is -2.47. The van der Waals surface area contributed by atoms with E-state index in [1.165, 1.54) is 30.2 Å². The summed E-state index contributed by atoms with van der Waals surface area (Å²) < 4.78 is 73.6. The Labute approximate surface area is 232 Å². The first kappa shape index (κ1) is 28.5. The molecule has 2 atom stereocenters.